The molecule has 0 unspecified atom stereocenters. The van der Waals surface area contributed by atoms with E-state index >= 15 is 0 Å². The highest BCUT2D eigenvalue weighted by Crippen LogP contribution is 2.16. The smallest absolute Gasteiger partial charge is 0.409 e. The first-order chi connectivity index (χ1) is 9.34. The van der Waals surface area contributed by atoms with E-state index in [0.717, 1.165) is 18.5 Å². The van der Waals surface area contributed by atoms with Crippen molar-refractivity contribution in [3.63, 3.8) is 0 Å². The van der Waals surface area contributed by atoms with Crippen molar-refractivity contribution in [2.24, 2.45) is 0 Å². The van der Waals surface area contributed by atoms with Crippen molar-refractivity contribution in [2.45, 2.75) is 53.1 Å². The van der Waals surface area contributed by atoms with Crippen LogP contribution in [0.5, 0.6) is 0 Å². The predicted molar refractivity (Wildman–Crippen MR) is 83.1 cm³/mol. The van der Waals surface area contributed by atoms with Gasteiger partial charge in [-0.25, -0.2) is 4.79 Å². The van der Waals surface area contributed by atoms with Gasteiger partial charge in [0.1, 0.15) is 5.60 Å². The van der Waals surface area contributed by atoms with Gasteiger partial charge in [-0.1, -0.05) is 19.9 Å². The van der Waals surface area contributed by atoms with Crippen molar-refractivity contribution >= 4 is 11.8 Å². The van der Waals surface area contributed by atoms with E-state index in [1.807, 2.05) is 20.8 Å². The van der Waals surface area contributed by atoms with E-state index in [0.29, 0.717) is 6.67 Å². The van der Waals surface area contributed by atoms with Crippen molar-refractivity contribution in [2.75, 3.05) is 12.0 Å². The van der Waals surface area contributed by atoms with E-state index in [1.165, 1.54) is 11.1 Å². The zero-order valence-electron chi connectivity index (χ0n) is 13.2. The summed E-state index contributed by atoms with van der Waals surface area (Å²) in [5.41, 5.74) is 3.15. The zero-order chi connectivity index (χ0) is 15.2. The fourth-order valence-corrected chi connectivity index (χ4v) is 1.81. The first-order valence-electron chi connectivity index (χ1n) is 7.17. The molecule has 0 aromatic heterocycles. The average molecular weight is 278 g/mol. The fourth-order valence-electron chi connectivity index (χ4n) is 1.81. The van der Waals surface area contributed by atoms with Gasteiger partial charge in [0.15, 0.2) is 0 Å². The van der Waals surface area contributed by atoms with Crippen LogP contribution in [0, 0.1) is 0 Å². The number of hydrogen-bond donors (Lipinski definition) is 2. The second kappa shape index (κ2) is 7.17. The molecule has 0 aliphatic rings. The number of carbonyl (C=O) groups excluding carboxylic acids is 1. The summed E-state index contributed by atoms with van der Waals surface area (Å²) < 4.78 is 5.18. The lowest BCUT2D eigenvalue weighted by atomic mass is 10.1. The van der Waals surface area contributed by atoms with E-state index in [4.69, 9.17) is 4.74 Å². The number of hydrogen-bond acceptors (Lipinski definition) is 3. The zero-order valence-corrected chi connectivity index (χ0v) is 13.2. The molecule has 1 rings (SSSR count). The molecule has 2 N–H and O–H groups in total. The van der Waals surface area contributed by atoms with E-state index in [1.54, 1.807) is 0 Å². The third kappa shape index (κ3) is 5.95. The summed E-state index contributed by atoms with van der Waals surface area (Å²) in [6.07, 6.45) is 1.59. The number of nitrogens with one attached hydrogen (secondary N) is 2. The number of benzene rings is 1. The first-order valence-corrected chi connectivity index (χ1v) is 7.17. The first kappa shape index (κ1) is 16.3. The highest BCUT2D eigenvalue weighted by Gasteiger charge is 2.15. The molecule has 1 aromatic carbocycles. The Kier molecular flexibility index (Phi) is 5.86. The largest absolute Gasteiger partial charge is 0.444 e. The van der Waals surface area contributed by atoms with Gasteiger partial charge in [0.05, 0.1) is 6.67 Å². The van der Waals surface area contributed by atoms with Gasteiger partial charge in [0.2, 0.25) is 0 Å². The number of anilines is 1. The lowest BCUT2D eigenvalue weighted by Gasteiger charge is -2.20. The Morgan fingerprint density at radius 2 is 1.65 bits per heavy atom. The molecular weight excluding hydrogens is 252 g/mol. The molecule has 4 heteroatoms. The number of alkyl carbamates (subject to hydrolysis) is 1. The van der Waals surface area contributed by atoms with Gasteiger partial charge in [0, 0.05) is 5.69 Å². The maximum Gasteiger partial charge on any atom is 0.409 e. The van der Waals surface area contributed by atoms with Gasteiger partial charge in [-0.3, -0.25) is 0 Å². The minimum Gasteiger partial charge on any atom is -0.444 e. The van der Waals surface area contributed by atoms with Crippen LogP contribution in [0.1, 0.15) is 45.7 Å². The maximum atomic E-state index is 11.5. The Balaban J connectivity index is 2.51. The summed E-state index contributed by atoms with van der Waals surface area (Å²) in [7, 11) is 0. The summed E-state index contributed by atoms with van der Waals surface area (Å²) in [5, 5.41) is 5.89. The van der Waals surface area contributed by atoms with Crippen molar-refractivity contribution in [1.29, 1.82) is 0 Å². The second-order valence-electron chi connectivity index (χ2n) is 5.78. The molecule has 1 amide bonds. The van der Waals surface area contributed by atoms with Crippen LogP contribution in [0.2, 0.25) is 0 Å². The molecule has 0 fully saturated rings. The van der Waals surface area contributed by atoms with Crippen molar-refractivity contribution in [3.05, 3.63) is 29.3 Å². The molecule has 0 saturated carbocycles. The van der Waals surface area contributed by atoms with Crippen LogP contribution in [-0.4, -0.2) is 18.4 Å². The minimum absolute atomic E-state index is 0.352. The molecule has 0 spiro atoms. The molecule has 0 aliphatic heterocycles. The molecule has 4 nitrogen and oxygen atoms in total. The van der Waals surface area contributed by atoms with Gasteiger partial charge in [-0.05, 0) is 56.9 Å². The van der Waals surface area contributed by atoms with E-state index < -0.39 is 11.7 Å². The van der Waals surface area contributed by atoms with Crippen LogP contribution in [0.3, 0.4) is 0 Å². The van der Waals surface area contributed by atoms with Crippen LogP contribution < -0.4 is 10.6 Å². The molecule has 20 heavy (non-hydrogen) atoms. The van der Waals surface area contributed by atoms with E-state index in [9.17, 15) is 4.79 Å². The standard InChI is InChI=1S/C16H26N2O2/c1-6-12-8-13(7-2)10-14(9-12)17-11-18-15(19)20-16(3,4)5/h8-10,17H,6-7,11H2,1-5H3,(H,18,19). The minimum atomic E-state index is -0.471. The van der Waals surface area contributed by atoms with Crippen molar-refractivity contribution in [3.8, 4) is 0 Å². The van der Waals surface area contributed by atoms with Crippen LogP contribution in [0.25, 0.3) is 0 Å². The average Bonchev–Trinajstić information content (AvgIpc) is 2.36. The maximum absolute atomic E-state index is 11.5. The molecule has 0 aliphatic carbocycles. The Morgan fingerprint density at radius 1 is 1.10 bits per heavy atom. The van der Waals surface area contributed by atoms with Gasteiger partial charge < -0.3 is 15.4 Å². The molecule has 0 bridgehead atoms. The number of carbonyl (C=O) groups is 1. The molecule has 0 saturated heterocycles. The van der Waals surface area contributed by atoms with Crippen LogP contribution in [-0.2, 0) is 17.6 Å². The van der Waals surface area contributed by atoms with E-state index in [2.05, 4.69) is 42.7 Å². The third-order valence-electron chi connectivity index (χ3n) is 2.79. The number of aryl methyl sites for hydroxylation is 2. The third-order valence-corrected chi connectivity index (χ3v) is 2.79. The van der Waals surface area contributed by atoms with Crippen LogP contribution in [0.4, 0.5) is 10.5 Å². The second-order valence-corrected chi connectivity index (χ2v) is 5.78. The normalized spacial score (nSPS) is 11.1. The number of ether oxygens (including phenoxy) is 1. The summed E-state index contributed by atoms with van der Waals surface area (Å²) in [5.74, 6) is 0. The van der Waals surface area contributed by atoms with Gasteiger partial charge in [-0.2, -0.15) is 0 Å². The topological polar surface area (TPSA) is 50.4 Å². The number of amides is 1. The summed E-state index contributed by atoms with van der Waals surface area (Å²) in [6.45, 7) is 10.2. The highest BCUT2D eigenvalue weighted by molar-refractivity contribution is 5.68. The van der Waals surface area contributed by atoms with Gasteiger partial charge in [0.25, 0.3) is 0 Å². The van der Waals surface area contributed by atoms with Gasteiger partial charge >= 0.3 is 6.09 Å². The van der Waals surface area contributed by atoms with Gasteiger partial charge in [-0.15, -0.1) is 0 Å². The molecule has 0 atom stereocenters. The predicted octanol–water partition coefficient (Wildman–Crippen LogP) is 3.71. The Bertz CT molecular complexity index is 428. The lowest BCUT2D eigenvalue weighted by molar-refractivity contribution is 0.0532. The molecule has 0 radical (unpaired) electrons. The monoisotopic (exact) mass is 278 g/mol. The molecule has 112 valence electrons. The Hall–Kier alpha value is -1.71. The molecule has 1 aromatic rings. The van der Waals surface area contributed by atoms with Crippen LogP contribution in [0.15, 0.2) is 18.2 Å². The van der Waals surface area contributed by atoms with Crippen molar-refractivity contribution in [1.82, 2.24) is 5.32 Å². The Morgan fingerprint density at radius 3 is 2.10 bits per heavy atom. The number of rotatable bonds is 5. The summed E-state index contributed by atoms with van der Waals surface area (Å²) >= 11 is 0. The molecular formula is C16H26N2O2. The van der Waals surface area contributed by atoms with E-state index in [-0.39, 0.29) is 0 Å². The summed E-state index contributed by atoms with van der Waals surface area (Å²) in [4.78, 5) is 11.5. The quantitative estimate of drug-likeness (QED) is 0.807. The summed E-state index contributed by atoms with van der Waals surface area (Å²) in [6, 6.07) is 6.43. The SMILES string of the molecule is CCc1cc(CC)cc(NCNC(=O)OC(C)(C)C)c1. The fraction of sp³-hybridized carbons (Fsp3) is 0.562. The Labute approximate surface area is 121 Å². The molecule has 0 heterocycles. The lowest BCUT2D eigenvalue weighted by Crippen LogP contribution is -2.35. The van der Waals surface area contributed by atoms with Crippen molar-refractivity contribution < 1.29 is 9.53 Å². The van der Waals surface area contributed by atoms with Crippen LogP contribution >= 0.6 is 0 Å². The highest BCUT2D eigenvalue weighted by atomic mass is 16.6.